The summed E-state index contributed by atoms with van der Waals surface area (Å²) < 4.78 is 7.15. The third-order valence-corrected chi connectivity index (χ3v) is 10.1. The Morgan fingerprint density at radius 2 is 1.69 bits per heavy atom. The lowest BCUT2D eigenvalue weighted by atomic mass is 9.89. The molecule has 0 bridgehead atoms. The number of methoxy groups -OCH3 is 1. The molecule has 2 aliphatic rings. The molecule has 0 unspecified atom stereocenters. The van der Waals surface area contributed by atoms with Crippen LogP contribution in [-0.2, 0) is 17.9 Å². The number of fused-ring (bicyclic) bond motifs is 1. The lowest BCUT2D eigenvalue weighted by Crippen LogP contribution is -2.43. The summed E-state index contributed by atoms with van der Waals surface area (Å²) in [5.74, 6) is 0.575. The van der Waals surface area contributed by atoms with Crippen LogP contribution < -0.4 is 26.2 Å². The third-order valence-electron chi connectivity index (χ3n) is 9.27. The van der Waals surface area contributed by atoms with Crippen molar-refractivity contribution < 1.29 is 14.6 Å². The minimum absolute atomic E-state index is 0.0629. The maximum atomic E-state index is 13.2. The van der Waals surface area contributed by atoms with Gasteiger partial charge in [-0.2, -0.15) is 0 Å². The molecule has 7 rings (SSSR count). The normalized spacial score (nSPS) is 18.8. The zero-order chi connectivity index (χ0) is 34.1. The fraction of sp³-hybridized carbons (Fsp3) is 0.297. The minimum Gasteiger partial charge on any atom is -0.481 e. The van der Waals surface area contributed by atoms with E-state index in [4.69, 9.17) is 32.9 Å². The van der Waals surface area contributed by atoms with Gasteiger partial charge in [0.2, 0.25) is 11.8 Å². The van der Waals surface area contributed by atoms with Crippen LogP contribution >= 0.6 is 23.2 Å². The highest BCUT2D eigenvalue weighted by Gasteiger charge is 2.27. The molecule has 10 nitrogen and oxygen atoms in total. The number of hydrogen-bond acceptors (Lipinski definition) is 8. The molecule has 1 saturated heterocycles. The Balaban J connectivity index is 1.12. The molecule has 5 aromatic rings. The number of carbonyl (C=O) groups is 1. The van der Waals surface area contributed by atoms with E-state index in [9.17, 15) is 14.7 Å². The molecule has 1 aliphatic carbocycles. The molecule has 3 aromatic heterocycles. The number of hydrogen-bond donors (Lipinski definition) is 4. The monoisotopic (exact) mass is 698 g/mol. The highest BCUT2D eigenvalue weighted by Crippen LogP contribution is 2.42. The third kappa shape index (κ3) is 6.92. The lowest BCUT2D eigenvalue weighted by molar-refractivity contribution is -0.119. The summed E-state index contributed by atoms with van der Waals surface area (Å²) in [6.45, 7) is 1.53. The van der Waals surface area contributed by atoms with Crippen molar-refractivity contribution in [2.45, 2.75) is 57.0 Å². The zero-order valence-electron chi connectivity index (χ0n) is 26.9. The van der Waals surface area contributed by atoms with Crippen LogP contribution in [0.3, 0.4) is 0 Å². The number of rotatable bonds is 11. The summed E-state index contributed by atoms with van der Waals surface area (Å²) in [6, 6.07) is 19.5. The SMILES string of the molecule is COc1nc(-c2cccc(-c3cccc(-c4ccn5c(=O)c(CNC[C@@H]6CCC(=O)N6)cnc5c4)c3Cl)c2Cl)ccc1CN[C@H]1C[C@@H](O)C1. The number of aliphatic hydroxyl groups excluding tert-OH is 1. The smallest absolute Gasteiger partial charge is 0.262 e. The van der Waals surface area contributed by atoms with Gasteiger partial charge in [0.05, 0.1) is 29.0 Å². The Morgan fingerprint density at radius 3 is 2.41 bits per heavy atom. The molecule has 0 radical (unpaired) electrons. The zero-order valence-corrected chi connectivity index (χ0v) is 28.4. The van der Waals surface area contributed by atoms with Crippen LogP contribution in [0, 0.1) is 0 Å². The standard InChI is InChI=1S/C37H36Cl2N6O4/c1-49-36-22(18-41-25-15-26(46)16-25)8-10-31(44-36)30-7-3-6-29(35(30)39)28-5-2-4-27(34(28)38)21-12-13-45-32(14-21)42-19-23(37(45)48)17-40-20-24-9-11-33(47)43-24/h2-8,10,12-14,19,24-26,40-41,46H,9,11,15-18,20H2,1H3,(H,43,47)/t24-,25-,26+/m0/s1. The largest absolute Gasteiger partial charge is 0.481 e. The Morgan fingerprint density at radius 1 is 0.959 bits per heavy atom. The molecule has 2 fully saturated rings. The molecule has 252 valence electrons. The summed E-state index contributed by atoms with van der Waals surface area (Å²) in [4.78, 5) is 34.0. The highest BCUT2D eigenvalue weighted by molar-refractivity contribution is 6.39. The number of pyridine rings is 2. The van der Waals surface area contributed by atoms with Crippen molar-refractivity contribution in [3.8, 4) is 39.4 Å². The van der Waals surface area contributed by atoms with E-state index in [1.165, 1.54) is 4.40 Å². The average Bonchev–Trinajstić information content (AvgIpc) is 3.52. The van der Waals surface area contributed by atoms with Gasteiger partial charge in [-0.3, -0.25) is 14.0 Å². The summed E-state index contributed by atoms with van der Waals surface area (Å²) in [6.07, 6.45) is 5.92. The van der Waals surface area contributed by atoms with Crippen LogP contribution in [-0.4, -0.2) is 57.2 Å². The van der Waals surface area contributed by atoms with E-state index in [-0.39, 0.29) is 23.6 Å². The highest BCUT2D eigenvalue weighted by atomic mass is 35.5. The molecule has 2 aromatic carbocycles. The maximum Gasteiger partial charge on any atom is 0.262 e. The van der Waals surface area contributed by atoms with E-state index in [1.807, 2.05) is 60.7 Å². The molecule has 1 amide bonds. The summed E-state index contributed by atoms with van der Waals surface area (Å²) in [5.41, 5.74) is 6.31. The maximum absolute atomic E-state index is 13.2. The summed E-state index contributed by atoms with van der Waals surface area (Å²) in [7, 11) is 1.60. The average molecular weight is 700 g/mol. The van der Waals surface area contributed by atoms with Gasteiger partial charge in [-0.05, 0) is 43.0 Å². The molecular weight excluding hydrogens is 663 g/mol. The number of benzene rings is 2. The van der Waals surface area contributed by atoms with Crippen LogP contribution in [0.25, 0.3) is 39.2 Å². The first-order valence-electron chi connectivity index (χ1n) is 16.3. The quantitative estimate of drug-likeness (QED) is 0.145. The van der Waals surface area contributed by atoms with E-state index in [0.717, 1.165) is 52.6 Å². The van der Waals surface area contributed by atoms with Crippen molar-refractivity contribution >= 4 is 34.8 Å². The number of carbonyl (C=O) groups excluding carboxylic acids is 1. The van der Waals surface area contributed by atoms with Crippen molar-refractivity contribution in [1.82, 2.24) is 30.3 Å². The fourth-order valence-electron chi connectivity index (χ4n) is 6.45. The minimum atomic E-state index is -0.221. The first kappa shape index (κ1) is 33.2. The fourth-order valence-corrected chi connectivity index (χ4v) is 7.12. The van der Waals surface area contributed by atoms with Gasteiger partial charge < -0.3 is 25.8 Å². The van der Waals surface area contributed by atoms with Gasteiger partial charge in [0.25, 0.3) is 5.56 Å². The molecule has 4 heterocycles. The van der Waals surface area contributed by atoms with Gasteiger partial charge in [-0.25, -0.2) is 9.97 Å². The number of nitrogens with one attached hydrogen (secondary N) is 3. The van der Waals surface area contributed by atoms with Crippen LogP contribution in [0.1, 0.15) is 36.8 Å². The second kappa shape index (κ2) is 14.3. The lowest BCUT2D eigenvalue weighted by Gasteiger charge is -2.32. The van der Waals surface area contributed by atoms with Crippen molar-refractivity contribution in [2.75, 3.05) is 13.7 Å². The molecule has 1 aliphatic heterocycles. The number of ether oxygens (including phenoxy) is 1. The predicted octanol–water partition coefficient (Wildman–Crippen LogP) is 5.39. The van der Waals surface area contributed by atoms with Gasteiger partial charge in [0, 0.05) is 83.9 Å². The van der Waals surface area contributed by atoms with Crippen LogP contribution in [0.5, 0.6) is 5.88 Å². The summed E-state index contributed by atoms with van der Waals surface area (Å²) >= 11 is 14.2. The molecular formula is C37H36Cl2N6O4. The van der Waals surface area contributed by atoms with Gasteiger partial charge in [0.1, 0.15) is 5.65 Å². The molecule has 12 heteroatoms. The van der Waals surface area contributed by atoms with E-state index in [0.29, 0.717) is 64.9 Å². The Hall–Kier alpha value is -4.32. The van der Waals surface area contributed by atoms with Crippen LogP contribution in [0.4, 0.5) is 0 Å². The summed E-state index contributed by atoms with van der Waals surface area (Å²) in [5, 5.41) is 20.2. The van der Waals surface area contributed by atoms with E-state index >= 15 is 0 Å². The predicted molar refractivity (Wildman–Crippen MR) is 191 cm³/mol. The Bertz CT molecular complexity index is 2100. The van der Waals surface area contributed by atoms with Crippen molar-refractivity contribution in [2.24, 2.45) is 0 Å². The molecule has 1 saturated carbocycles. The Kier molecular flexibility index (Phi) is 9.66. The van der Waals surface area contributed by atoms with Gasteiger partial charge >= 0.3 is 0 Å². The van der Waals surface area contributed by atoms with E-state index in [2.05, 4.69) is 20.9 Å². The van der Waals surface area contributed by atoms with Crippen LogP contribution in [0.2, 0.25) is 10.0 Å². The first-order chi connectivity index (χ1) is 23.8. The molecule has 0 spiro atoms. The van der Waals surface area contributed by atoms with E-state index < -0.39 is 0 Å². The van der Waals surface area contributed by atoms with Gasteiger partial charge in [-0.1, -0.05) is 65.7 Å². The number of aromatic nitrogens is 3. The number of halogens is 2. The van der Waals surface area contributed by atoms with Crippen molar-refractivity contribution in [3.63, 3.8) is 0 Å². The van der Waals surface area contributed by atoms with Gasteiger partial charge in [0.15, 0.2) is 0 Å². The van der Waals surface area contributed by atoms with Crippen molar-refractivity contribution in [1.29, 1.82) is 0 Å². The second-order valence-corrected chi connectivity index (χ2v) is 13.3. The molecule has 1 atom stereocenters. The number of aliphatic hydroxyl groups is 1. The van der Waals surface area contributed by atoms with E-state index in [1.54, 1.807) is 19.5 Å². The van der Waals surface area contributed by atoms with Crippen LogP contribution in [0.15, 0.2) is 77.9 Å². The van der Waals surface area contributed by atoms with Crippen molar-refractivity contribution in [3.05, 3.63) is 105 Å². The Labute approximate surface area is 293 Å². The van der Waals surface area contributed by atoms with Gasteiger partial charge in [-0.15, -0.1) is 0 Å². The first-order valence-corrected chi connectivity index (χ1v) is 17.1. The molecule has 49 heavy (non-hydrogen) atoms. The molecule has 4 N–H and O–H groups in total. The second-order valence-electron chi connectivity index (χ2n) is 12.6. The number of amides is 1. The number of nitrogens with zero attached hydrogens (tertiary/aromatic N) is 3. The topological polar surface area (TPSA) is 130 Å².